The Bertz CT molecular complexity index is 433. The number of hydrogen-bond donors (Lipinski definition) is 2. The van der Waals surface area contributed by atoms with E-state index in [1.807, 2.05) is 0 Å². The van der Waals surface area contributed by atoms with E-state index in [9.17, 15) is 13.2 Å². The van der Waals surface area contributed by atoms with Gasteiger partial charge in [-0.15, -0.1) is 0 Å². The molecular weight excluding hydrogens is 249 g/mol. The Hall–Kier alpha value is -1.99. The van der Waals surface area contributed by atoms with Gasteiger partial charge >= 0.3 is 6.18 Å². The third kappa shape index (κ3) is 3.79. The lowest BCUT2D eigenvalue weighted by atomic mass is 10.2. The minimum absolute atomic E-state index is 0.124. The van der Waals surface area contributed by atoms with Crippen molar-refractivity contribution in [3.05, 3.63) is 23.9 Å². The Balaban J connectivity index is 3.00. The van der Waals surface area contributed by atoms with Crippen LogP contribution in [0.5, 0.6) is 0 Å². The molecule has 0 fully saturated rings. The second-order valence-electron chi connectivity index (χ2n) is 3.52. The maximum atomic E-state index is 12.3. The van der Waals surface area contributed by atoms with Gasteiger partial charge in [-0.05, 0) is 19.1 Å². The van der Waals surface area contributed by atoms with Crippen molar-refractivity contribution in [2.24, 2.45) is 10.9 Å². The highest BCUT2D eigenvalue weighted by Gasteiger charge is 2.30. The summed E-state index contributed by atoms with van der Waals surface area (Å²) in [7, 11) is 0. The van der Waals surface area contributed by atoms with Gasteiger partial charge in [0.2, 0.25) is 0 Å². The highest BCUT2D eigenvalue weighted by molar-refractivity contribution is 5.97. The average molecular weight is 262 g/mol. The molecule has 0 saturated heterocycles. The molecule has 0 amide bonds. The van der Waals surface area contributed by atoms with E-state index in [1.165, 1.54) is 18.3 Å². The number of alkyl halides is 3. The van der Waals surface area contributed by atoms with E-state index in [0.717, 1.165) is 4.90 Å². The van der Waals surface area contributed by atoms with Gasteiger partial charge in [-0.25, -0.2) is 4.98 Å². The zero-order chi connectivity index (χ0) is 13.8. The van der Waals surface area contributed by atoms with Crippen molar-refractivity contribution < 1.29 is 18.4 Å². The van der Waals surface area contributed by atoms with Crippen LogP contribution in [0.3, 0.4) is 0 Å². The van der Waals surface area contributed by atoms with Crippen LogP contribution in [-0.2, 0) is 0 Å². The third-order valence-electron chi connectivity index (χ3n) is 2.22. The fraction of sp³-hybridized carbons (Fsp3) is 0.400. The van der Waals surface area contributed by atoms with Crippen molar-refractivity contribution in [3.8, 4) is 0 Å². The van der Waals surface area contributed by atoms with Crippen LogP contribution in [-0.4, -0.2) is 35.3 Å². The number of anilines is 1. The molecule has 0 atom stereocenters. The second-order valence-corrected chi connectivity index (χ2v) is 3.52. The third-order valence-corrected chi connectivity index (χ3v) is 2.22. The van der Waals surface area contributed by atoms with Gasteiger partial charge in [-0.3, -0.25) is 0 Å². The van der Waals surface area contributed by atoms with Gasteiger partial charge in [0.15, 0.2) is 5.84 Å². The summed E-state index contributed by atoms with van der Waals surface area (Å²) in [5.41, 5.74) is 5.67. The average Bonchev–Trinajstić information content (AvgIpc) is 2.34. The molecule has 100 valence electrons. The fourth-order valence-electron chi connectivity index (χ4n) is 1.38. The van der Waals surface area contributed by atoms with Crippen LogP contribution in [0.2, 0.25) is 0 Å². The predicted molar refractivity (Wildman–Crippen MR) is 60.7 cm³/mol. The molecule has 5 nitrogen and oxygen atoms in total. The Labute approximate surface area is 102 Å². The normalized spacial score (nSPS) is 12.6. The first kappa shape index (κ1) is 14.1. The number of halogens is 3. The largest absolute Gasteiger partial charge is 0.409 e. The van der Waals surface area contributed by atoms with Crippen LogP contribution >= 0.6 is 0 Å². The SMILES string of the molecule is CCN(CC(F)(F)F)c1cc(C(N)=NO)ccn1. The van der Waals surface area contributed by atoms with Gasteiger partial charge in [0.05, 0.1) is 0 Å². The first-order valence-corrected chi connectivity index (χ1v) is 5.13. The fourth-order valence-corrected chi connectivity index (χ4v) is 1.38. The molecule has 3 N–H and O–H groups in total. The smallest absolute Gasteiger partial charge is 0.405 e. The van der Waals surface area contributed by atoms with Crippen molar-refractivity contribution in [2.45, 2.75) is 13.1 Å². The molecule has 1 rings (SSSR count). The number of hydrogen-bond acceptors (Lipinski definition) is 4. The zero-order valence-electron chi connectivity index (χ0n) is 9.65. The second kappa shape index (κ2) is 5.56. The van der Waals surface area contributed by atoms with Gasteiger partial charge < -0.3 is 15.8 Å². The summed E-state index contributed by atoms with van der Waals surface area (Å²) in [5, 5.41) is 11.3. The van der Waals surface area contributed by atoms with E-state index in [-0.39, 0.29) is 18.2 Å². The van der Waals surface area contributed by atoms with Crippen LogP contribution in [0.1, 0.15) is 12.5 Å². The van der Waals surface area contributed by atoms with Crippen LogP contribution in [0.4, 0.5) is 19.0 Å². The Morgan fingerprint density at radius 1 is 1.56 bits per heavy atom. The Morgan fingerprint density at radius 2 is 2.22 bits per heavy atom. The summed E-state index contributed by atoms with van der Waals surface area (Å²) in [6.45, 7) is 0.631. The molecular formula is C10H13F3N4O. The monoisotopic (exact) mass is 262 g/mol. The number of nitrogens with zero attached hydrogens (tertiary/aromatic N) is 3. The van der Waals surface area contributed by atoms with Gasteiger partial charge in [0, 0.05) is 18.3 Å². The van der Waals surface area contributed by atoms with Crippen molar-refractivity contribution >= 4 is 11.7 Å². The van der Waals surface area contributed by atoms with Crippen molar-refractivity contribution in [1.82, 2.24) is 4.98 Å². The first-order valence-electron chi connectivity index (χ1n) is 5.13. The van der Waals surface area contributed by atoms with Crippen molar-refractivity contribution in [1.29, 1.82) is 0 Å². The molecule has 1 heterocycles. The molecule has 0 aliphatic carbocycles. The van der Waals surface area contributed by atoms with Crippen LogP contribution in [0, 0.1) is 0 Å². The van der Waals surface area contributed by atoms with E-state index < -0.39 is 12.7 Å². The summed E-state index contributed by atoms with van der Waals surface area (Å²) in [6, 6.07) is 2.78. The number of aromatic nitrogens is 1. The summed E-state index contributed by atoms with van der Waals surface area (Å²) < 4.78 is 37.0. The lowest BCUT2D eigenvalue weighted by Crippen LogP contribution is -2.34. The zero-order valence-corrected chi connectivity index (χ0v) is 9.65. The molecule has 0 aromatic carbocycles. The van der Waals surface area contributed by atoms with Gasteiger partial charge in [-0.1, -0.05) is 5.16 Å². The molecule has 0 aliphatic heterocycles. The Morgan fingerprint density at radius 3 is 2.72 bits per heavy atom. The van der Waals surface area contributed by atoms with E-state index in [0.29, 0.717) is 5.56 Å². The van der Waals surface area contributed by atoms with E-state index in [2.05, 4.69) is 10.1 Å². The highest BCUT2D eigenvalue weighted by atomic mass is 19.4. The number of amidine groups is 1. The lowest BCUT2D eigenvalue weighted by molar-refractivity contribution is -0.119. The molecule has 0 aliphatic rings. The van der Waals surface area contributed by atoms with Crippen LogP contribution < -0.4 is 10.6 Å². The number of pyridine rings is 1. The summed E-state index contributed by atoms with van der Waals surface area (Å²) in [4.78, 5) is 4.89. The van der Waals surface area contributed by atoms with Gasteiger partial charge in [-0.2, -0.15) is 13.2 Å². The van der Waals surface area contributed by atoms with Crippen molar-refractivity contribution in [3.63, 3.8) is 0 Å². The maximum absolute atomic E-state index is 12.3. The molecule has 1 aromatic heterocycles. The summed E-state index contributed by atoms with van der Waals surface area (Å²) in [6.07, 6.45) is -3.01. The number of nitrogens with two attached hydrogens (primary N) is 1. The topological polar surface area (TPSA) is 74.7 Å². The van der Waals surface area contributed by atoms with Crippen LogP contribution in [0.15, 0.2) is 23.5 Å². The van der Waals surface area contributed by atoms with Gasteiger partial charge in [0.1, 0.15) is 12.4 Å². The standard InChI is InChI=1S/C10H13F3N4O/c1-2-17(6-10(11,12)13)8-5-7(3-4-15-8)9(14)16-18/h3-5,18H,2,6H2,1H3,(H2,14,16). The summed E-state index contributed by atoms with van der Waals surface area (Å²) in [5.74, 6) is -0.0550. The molecule has 0 saturated carbocycles. The quantitative estimate of drug-likeness (QED) is 0.374. The molecule has 0 spiro atoms. The maximum Gasteiger partial charge on any atom is 0.405 e. The molecule has 0 bridgehead atoms. The lowest BCUT2D eigenvalue weighted by Gasteiger charge is -2.23. The van der Waals surface area contributed by atoms with E-state index in [4.69, 9.17) is 10.9 Å². The highest BCUT2D eigenvalue weighted by Crippen LogP contribution is 2.20. The number of rotatable bonds is 4. The minimum atomic E-state index is -4.32. The molecule has 0 radical (unpaired) electrons. The molecule has 18 heavy (non-hydrogen) atoms. The molecule has 1 aromatic rings. The van der Waals surface area contributed by atoms with E-state index >= 15 is 0 Å². The van der Waals surface area contributed by atoms with Crippen molar-refractivity contribution in [2.75, 3.05) is 18.0 Å². The van der Waals surface area contributed by atoms with E-state index in [1.54, 1.807) is 6.92 Å². The van der Waals surface area contributed by atoms with Gasteiger partial charge in [0.25, 0.3) is 0 Å². The Kier molecular flexibility index (Phi) is 4.35. The van der Waals surface area contributed by atoms with Crippen LogP contribution in [0.25, 0.3) is 0 Å². The molecule has 8 heteroatoms. The summed E-state index contributed by atoms with van der Waals surface area (Å²) >= 11 is 0. The number of oxime groups is 1. The predicted octanol–water partition coefficient (Wildman–Crippen LogP) is 1.56. The molecule has 0 unspecified atom stereocenters. The first-order chi connectivity index (χ1) is 8.37. The minimum Gasteiger partial charge on any atom is -0.409 e.